The Hall–Kier alpha value is -1.91. The Kier molecular flexibility index (Phi) is 4.14. The highest BCUT2D eigenvalue weighted by Gasteiger charge is 2.13. The van der Waals surface area contributed by atoms with Gasteiger partial charge >= 0.3 is 5.63 Å². The van der Waals surface area contributed by atoms with E-state index >= 15 is 0 Å². The summed E-state index contributed by atoms with van der Waals surface area (Å²) in [5, 5.41) is 3.15. The zero-order chi connectivity index (χ0) is 15.7. The fourth-order valence-electron chi connectivity index (χ4n) is 2.77. The van der Waals surface area contributed by atoms with Crippen molar-refractivity contribution >= 4 is 22.3 Å². The molecule has 22 heavy (non-hydrogen) atoms. The van der Waals surface area contributed by atoms with Crippen LogP contribution in [-0.4, -0.2) is 7.05 Å². The molecule has 0 saturated heterocycles. The van der Waals surface area contributed by atoms with Gasteiger partial charge in [0, 0.05) is 17.0 Å². The average Bonchev–Trinajstić information content (AvgIpc) is 2.96. The normalized spacial score (nSPS) is 12.7. The number of thiophene rings is 1. The quantitative estimate of drug-likeness (QED) is 0.751. The number of benzene rings is 1. The topological polar surface area (TPSA) is 34.7 Å². The Morgan fingerprint density at radius 3 is 2.73 bits per heavy atom. The van der Waals surface area contributed by atoms with Crippen LogP contribution in [0, 0.1) is 13.8 Å². The van der Waals surface area contributed by atoms with Crippen LogP contribution >= 0.6 is 11.3 Å². The maximum absolute atomic E-state index is 11.9. The van der Waals surface area contributed by atoms with Crippen molar-refractivity contribution in [1.29, 1.82) is 0 Å². The molecule has 0 saturated carbocycles. The standard InChI is InChI=1S/C18H19NO2S/c1-12-6-7-16-14(9-17(20)21-18(16)13(12)2)10-19(3)11-15-5-4-8-22-15/h4-9H,10-11H2,1-3H3/p+1. The molecule has 0 aliphatic rings. The minimum atomic E-state index is -0.264. The van der Waals surface area contributed by atoms with E-state index in [4.69, 9.17) is 4.42 Å². The van der Waals surface area contributed by atoms with Crippen LogP contribution in [0.25, 0.3) is 11.0 Å². The van der Waals surface area contributed by atoms with Gasteiger partial charge < -0.3 is 9.32 Å². The van der Waals surface area contributed by atoms with Crippen molar-refractivity contribution < 1.29 is 9.32 Å². The maximum Gasteiger partial charge on any atom is 0.336 e. The summed E-state index contributed by atoms with van der Waals surface area (Å²) >= 11 is 1.77. The van der Waals surface area contributed by atoms with Crippen molar-refractivity contribution in [3.8, 4) is 0 Å². The minimum absolute atomic E-state index is 0.264. The number of fused-ring (bicyclic) bond motifs is 1. The Labute approximate surface area is 133 Å². The van der Waals surface area contributed by atoms with Gasteiger partial charge in [0.2, 0.25) is 0 Å². The van der Waals surface area contributed by atoms with Crippen LogP contribution in [-0.2, 0) is 13.1 Å². The van der Waals surface area contributed by atoms with Crippen molar-refractivity contribution in [1.82, 2.24) is 0 Å². The molecule has 3 nitrogen and oxygen atoms in total. The zero-order valence-corrected chi connectivity index (χ0v) is 13.9. The summed E-state index contributed by atoms with van der Waals surface area (Å²) in [6, 6.07) is 10.0. The molecule has 2 aromatic heterocycles. The van der Waals surface area contributed by atoms with Crippen LogP contribution in [0.3, 0.4) is 0 Å². The third-order valence-electron chi connectivity index (χ3n) is 4.07. The van der Waals surface area contributed by atoms with Crippen molar-refractivity contribution in [2.45, 2.75) is 26.9 Å². The second kappa shape index (κ2) is 6.07. The van der Waals surface area contributed by atoms with Crippen molar-refractivity contribution in [2.75, 3.05) is 7.05 Å². The van der Waals surface area contributed by atoms with E-state index in [9.17, 15) is 4.79 Å². The summed E-state index contributed by atoms with van der Waals surface area (Å²) < 4.78 is 5.44. The average molecular weight is 314 g/mol. The monoisotopic (exact) mass is 314 g/mol. The lowest BCUT2D eigenvalue weighted by molar-refractivity contribution is -0.907. The predicted molar refractivity (Wildman–Crippen MR) is 90.6 cm³/mol. The molecule has 1 N–H and O–H groups in total. The second-order valence-corrected chi connectivity index (χ2v) is 6.90. The highest BCUT2D eigenvalue weighted by molar-refractivity contribution is 7.09. The summed E-state index contributed by atoms with van der Waals surface area (Å²) in [6.07, 6.45) is 0. The van der Waals surface area contributed by atoms with Gasteiger partial charge in [-0.2, -0.15) is 0 Å². The van der Waals surface area contributed by atoms with E-state index in [1.807, 2.05) is 13.8 Å². The number of quaternary nitrogens is 1. The number of nitrogens with one attached hydrogen (secondary N) is 1. The van der Waals surface area contributed by atoms with Crippen LogP contribution in [0.2, 0.25) is 0 Å². The molecule has 0 radical (unpaired) electrons. The van der Waals surface area contributed by atoms with Gasteiger partial charge in [-0.25, -0.2) is 4.79 Å². The van der Waals surface area contributed by atoms with Gasteiger partial charge in [-0.15, -0.1) is 11.3 Å². The molecule has 114 valence electrons. The Bertz CT molecular complexity index is 849. The first-order valence-electron chi connectivity index (χ1n) is 7.41. The summed E-state index contributed by atoms with van der Waals surface area (Å²) in [7, 11) is 2.15. The van der Waals surface area contributed by atoms with E-state index < -0.39 is 0 Å². The lowest BCUT2D eigenvalue weighted by Crippen LogP contribution is -3.06. The van der Waals surface area contributed by atoms with Gasteiger partial charge in [0.1, 0.15) is 18.7 Å². The molecule has 3 rings (SSSR count). The highest BCUT2D eigenvalue weighted by atomic mass is 32.1. The fraction of sp³-hybridized carbons (Fsp3) is 0.278. The van der Waals surface area contributed by atoms with Gasteiger partial charge in [-0.3, -0.25) is 0 Å². The van der Waals surface area contributed by atoms with Crippen LogP contribution in [0.15, 0.2) is 44.9 Å². The Balaban J connectivity index is 1.96. The van der Waals surface area contributed by atoms with Gasteiger partial charge in [0.25, 0.3) is 0 Å². The lowest BCUT2D eigenvalue weighted by Gasteiger charge is -2.15. The third-order valence-corrected chi connectivity index (χ3v) is 4.94. The number of rotatable bonds is 4. The smallest absolute Gasteiger partial charge is 0.336 e. The van der Waals surface area contributed by atoms with E-state index in [2.05, 4.69) is 36.7 Å². The lowest BCUT2D eigenvalue weighted by atomic mass is 10.0. The Morgan fingerprint density at radius 2 is 2.00 bits per heavy atom. The van der Waals surface area contributed by atoms with E-state index in [0.29, 0.717) is 0 Å². The van der Waals surface area contributed by atoms with Crippen LogP contribution in [0.5, 0.6) is 0 Å². The molecule has 4 heteroatoms. The Morgan fingerprint density at radius 1 is 1.18 bits per heavy atom. The predicted octanol–water partition coefficient (Wildman–Crippen LogP) is 2.69. The first-order chi connectivity index (χ1) is 10.5. The van der Waals surface area contributed by atoms with E-state index in [0.717, 1.165) is 40.7 Å². The van der Waals surface area contributed by atoms with E-state index in [1.165, 1.54) is 9.78 Å². The van der Waals surface area contributed by atoms with Gasteiger partial charge in [0.05, 0.1) is 11.9 Å². The van der Waals surface area contributed by atoms with E-state index in [1.54, 1.807) is 17.4 Å². The molecule has 0 aliphatic carbocycles. The van der Waals surface area contributed by atoms with Gasteiger partial charge in [0.15, 0.2) is 0 Å². The largest absolute Gasteiger partial charge is 0.422 e. The van der Waals surface area contributed by atoms with Gasteiger partial charge in [-0.05, 0) is 36.4 Å². The summed E-state index contributed by atoms with van der Waals surface area (Å²) in [4.78, 5) is 14.6. The maximum atomic E-state index is 11.9. The molecule has 0 spiro atoms. The first-order valence-corrected chi connectivity index (χ1v) is 8.29. The molecule has 0 fully saturated rings. The molecule has 0 amide bonds. The van der Waals surface area contributed by atoms with Crippen LogP contribution in [0.4, 0.5) is 0 Å². The molecular formula is C18H20NO2S+. The van der Waals surface area contributed by atoms with Crippen molar-refractivity contribution in [3.63, 3.8) is 0 Å². The molecule has 1 unspecified atom stereocenters. The highest BCUT2D eigenvalue weighted by Crippen LogP contribution is 2.22. The zero-order valence-electron chi connectivity index (χ0n) is 13.1. The molecule has 0 aliphatic heterocycles. The number of aryl methyl sites for hydroxylation is 2. The van der Waals surface area contributed by atoms with Crippen molar-refractivity contribution in [3.05, 3.63) is 67.7 Å². The molecule has 0 bridgehead atoms. The van der Waals surface area contributed by atoms with E-state index in [-0.39, 0.29) is 5.63 Å². The molecule has 1 aromatic carbocycles. The molecule has 3 aromatic rings. The minimum Gasteiger partial charge on any atom is -0.422 e. The van der Waals surface area contributed by atoms with Crippen LogP contribution in [0.1, 0.15) is 21.6 Å². The third kappa shape index (κ3) is 2.98. The van der Waals surface area contributed by atoms with Crippen molar-refractivity contribution in [2.24, 2.45) is 0 Å². The molecule has 1 atom stereocenters. The second-order valence-electron chi connectivity index (χ2n) is 5.86. The van der Waals surface area contributed by atoms with Crippen LogP contribution < -0.4 is 10.5 Å². The number of hydrogen-bond donors (Lipinski definition) is 1. The summed E-state index contributed by atoms with van der Waals surface area (Å²) in [6.45, 7) is 5.81. The first kappa shape index (κ1) is 15.0. The SMILES string of the molecule is Cc1ccc2c(C[NH+](C)Cc3cccs3)cc(=O)oc2c1C. The molecule has 2 heterocycles. The fourth-order valence-corrected chi connectivity index (χ4v) is 3.59. The summed E-state index contributed by atoms with van der Waals surface area (Å²) in [5.74, 6) is 0. The van der Waals surface area contributed by atoms with Gasteiger partial charge in [-0.1, -0.05) is 18.2 Å². The summed E-state index contributed by atoms with van der Waals surface area (Å²) in [5.41, 5.74) is 3.72. The molecular weight excluding hydrogens is 294 g/mol. The number of hydrogen-bond acceptors (Lipinski definition) is 3.